The van der Waals surface area contributed by atoms with E-state index in [1.807, 2.05) is 0 Å². The summed E-state index contributed by atoms with van der Waals surface area (Å²) in [5.41, 5.74) is 14.2. The van der Waals surface area contributed by atoms with E-state index in [4.69, 9.17) is 4.42 Å². The number of aromatic nitrogens is 2. The fourth-order valence-electron chi connectivity index (χ4n) is 8.71. The predicted octanol–water partition coefficient (Wildman–Crippen LogP) is 12.1. The van der Waals surface area contributed by atoms with Crippen LogP contribution >= 0.6 is 0 Å². The van der Waals surface area contributed by atoms with Crippen LogP contribution < -0.4 is 0 Å². The Hall–Kier alpha value is -6.06. The lowest BCUT2D eigenvalue weighted by Crippen LogP contribution is -2.15. The van der Waals surface area contributed by atoms with Gasteiger partial charge in [0.05, 0.1) is 27.5 Å². The molecule has 0 aliphatic heterocycles. The van der Waals surface area contributed by atoms with Gasteiger partial charge >= 0.3 is 0 Å². The minimum atomic E-state index is -0.0975. The van der Waals surface area contributed by atoms with Crippen molar-refractivity contribution in [1.82, 2.24) is 9.13 Å². The molecule has 0 atom stereocenters. The summed E-state index contributed by atoms with van der Waals surface area (Å²) in [7, 11) is 0. The van der Waals surface area contributed by atoms with E-state index in [9.17, 15) is 0 Å². The number of furan rings is 1. The molecule has 0 spiro atoms. The molecule has 11 rings (SSSR count). The summed E-state index contributed by atoms with van der Waals surface area (Å²) in [6.07, 6.45) is 0. The number of nitrogens with zero attached hydrogens (tertiary/aromatic N) is 2. The number of hydrogen-bond donors (Lipinski definition) is 0. The quantitative estimate of drug-likeness (QED) is 0.190. The topological polar surface area (TPSA) is 23.0 Å². The molecule has 1 aliphatic carbocycles. The van der Waals surface area contributed by atoms with Crippen LogP contribution in [0.15, 0.2) is 150 Å². The van der Waals surface area contributed by atoms with Crippen molar-refractivity contribution < 1.29 is 4.42 Å². The van der Waals surface area contributed by atoms with Crippen molar-refractivity contribution >= 4 is 65.6 Å². The minimum absolute atomic E-state index is 0.0975. The van der Waals surface area contributed by atoms with E-state index in [0.717, 1.165) is 44.2 Å². The third-order valence-corrected chi connectivity index (χ3v) is 10.9. The standard InChI is InChI=1S/C45H30N2O/c1-45(2)36-17-9-6-14-29(36)30-21-20-28(24-37(30)45)47-39-23-22-33-32-16-8-11-19-42(32)48-44(33)43(39)35-25-34-31-15-7-10-18-38(31)46(40(34)26-41(35)47)27-12-4-3-5-13-27/h3-26H,1-2H3. The van der Waals surface area contributed by atoms with Gasteiger partial charge in [-0.25, -0.2) is 0 Å². The van der Waals surface area contributed by atoms with Crippen LogP contribution in [-0.4, -0.2) is 9.13 Å². The predicted molar refractivity (Wildman–Crippen MR) is 200 cm³/mol. The Bertz CT molecular complexity index is 2970. The van der Waals surface area contributed by atoms with E-state index in [-0.39, 0.29) is 5.41 Å². The van der Waals surface area contributed by atoms with Gasteiger partial charge in [-0.15, -0.1) is 0 Å². The zero-order chi connectivity index (χ0) is 31.7. The summed E-state index contributed by atoms with van der Waals surface area (Å²) in [5, 5.41) is 7.12. The van der Waals surface area contributed by atoms with Gasteiger partial charge in [0, 0.05) is 43.7 Å². The summed E-state index contributed by atoms with van der Waals surface area (Å²) in [5.74, 6) is 0. The SMILES string of the molecule is CC1(C)c2ccccc2-c2ccc(-n3c4cc5c(cc4c4c6oc7ccccc7c6ccc43)c3ccccc3n5-c3ccccc3)cc21. The molecule has 0 amide bonds. The van der Waals surface area contributed by atoms with E-state index in [2.05, 4.69) is 169 Å². The Labute approximate surface area is 276 Å². The fourth-order valence-corrected chi connectivity index (χ4v) is 8.71. The Morgan fingerprint density at radius 2 is 1.15 bits per heavy atom. The molecule has 226 valence electrons. The van der Waals surface area contributed by atoms with Crippen LogP contribution in [-0.2, 0) is 5.41 Å². The molecule has 0 bridgehead atoms. The third kappa shape index (κ3) is 3.23. The molecule has 7 aromatic carbocycles. The number of rotatable bonds is 2. The van der Waals surface area contributed by atoms with Crippen molar-refractivity contribution in [2.75, 3.05) is 0 Å². The second-order valence-electron chi connectivity index (χ2n) is 13.7. The Kier molecular flexibility index (Phi) is 4.91. The number of hydrogen-bond acceptors (Lipinski definition) is 1. The third-order valence-electron chi connectivity index (χ3n) is 10.9. The van der Waals surface area contributed by atoms with Gasteiger partial charge in [0.2, 0.25) is 0 Å². The highest BCUT2D eigenvalue weighted by molar-refractivity contribution is 6.26. The second-order valence-corrected chi connectivity index (χ2v) is 13.7. The van der Waals surface area contributed by atoms with E-state index < -0.39 is 0 Å². The van der Waals surface area contributed by atoms with E-state index in [1.165, 1.54) is 55.0 Å². The normalized spacial score (nSPS) is 13.8. The second kappa shape index (κ2) is 9.05. The van der Waals surface area contributed by atoms with Gasteiger partial charge in [-0.05, 0) is 82.9 Å². The summed E-state index contributed by atoms with van der Waals surface area (Å²) in [6.45, 7) is 4.71. The summed E-state index contributed by atoms with van der Waals surface area (Å²) < 4.78 is 11.6. The van der Waals surface area contributed by atoms with Crippen molar-refractivity contribution in [3.63, 3.8) is 0 Å². The highest BCUT2D eigenvalue weighted by Gasteiger charge is 2.35. The monoisotopic (exact) mass is 614 g/mol. The van der Waals surface area contributed by atoms with Crippen molar-refractivity contribution in [3.8, 4) is 22.5 Å². The van der Waals surface area contributed by atoms with E-state index >= 15 is 0 Å². The average Bonchev–Trinajstić information content (AvgIpc) is 3.83. The molecule has 0 saturated carbocycles. The van der Waals surface area contributed by atoms with Crippen molar-refractivity contribution in [3.05, 3.63) is 157 Å². The molecular formula is C45H30N2O. The highest BCUT2D eigenvalue weighted by atomic mass is 16.3. The van der Waals surface area contributed by atoms with Crippen molar-refractivity contribution in [2.24, 2.45) is 0 Å². The molecular weight excluding hydrogens is 585 g/mol. The molecule has 48 heavy (non-hydrogen) atoms. The first kappa shape index (κ1) is 26.1. The van der Waals surface area contributed by atoms with Gasteiger partial charge in [-0.2, -0.15) is 0 Å². The largest absolute Gasteiger partial charge is 0.455 e. The zero-order valence-corrected chi connectivity index (χ0v) is 26.7. The molecule has 3 aromatic heterocycles. The molecule has 1 aliphatic rings. The first-order valence-corrected chi connectivity index (χ1v) is 16.7. The molecule has 10 aromatic rings. The van der Waals surface area contributed by atoms with E-state index in [1.54, 1.807) is 0 Å². The van der Waals surface area contributed by atoms with Crippen LogP contribution in [0.4, 0.5) is 0 Å². The molecule has 0 unspecified atom stereocenters. The van der Waals surface area contributed by atoms with Gasteiger partial charge in [-0.1, -0.05) is 98.8 Å². The molecule has 3 nitrogen and oxygen atoms in total. The zero-order valence-electron chi connectivity index (χ0n) is 26.7. The van der Waals surface area contributed by atoms with Crippen LogP contribution in [0.25, 0.3) is 88.1 Å². The van der Waals surface area contributed by atoms with Gasteiger partial charge < -0.3 is 13.6 Å². The molecule has 0 N–H and O–H groups in total. The van der Waals surface area contributed by atoms with Crippen LogP contribution in [0.3, 0.4) is 0 Å². The van der Waals surface area contributed by atoms with E-state index in [0.29, 0.717) is 0 Å². The smallest absolute Gasteiger partial charge is 0.145 e. The Morgan fingerprint density at radius 3 is 2.04 bits per heavy atom. The maximum Gasteiger partial charge on any atom is 0.145 e. The molecule has 0 saturated heterocycles. The fraction of sp³-hybridized carbons (Fsp3) is 0.0667. The minimum Gasteiger partial charge on any atom is -0.455 e. The number of benzene rings is 7. The van der Waals surface area contributed by atoms with Crippen molar-refractivity contribution in [2.45, 2.75) is 19.3 Å². The number of fused-ring (bicyclic) bond motifs is 13. The van der Waals surface area contributed by atoms with Gasteiger partial charge in [0.25, 0.3) is 0 Å². The summed E-state index contributed by atoms with van der Waals surface area (Å²) in [6, 6.07) is 53.1. The molecule has 0 radical (unpaired) electrons. The summed E-state index contributed by atoms with van der Waals surface area (Å²) >= 11 is 0. The maximum absolute atomic E-state index is 6.73. The summed E-state index contributed by atoms with van der Waals surface area (Å²) in [4.78, 5) is 0. The van der Waals surface area contributed by atoms with Crippen LogP contribution in [0.1, 0.15) is 25.0 Å². The van der Waals surface area contributed by atoms with Gasteiger partial charge in [0.15, 0.2) is 0 Å². The molecule has 3 heterocycles. The molecule has 0 fully saturated rings. The Balaban J connectivity index is 1.31. The maximum atomic E-state index is 6.73. The van der Waals surface area contributed by atoms with Gasteiger partial charge in [0.1, 0.15) is 11.2 Å². The first-order valence-electron chi connectivity index (χ1n) is 16.7. The van der Waals surface area contributed by atoms with Crippen LogP contribution in [0.5, 0.6) is 0 Å². The number of para-hydroxylation sites is 3. The highest BCUT2D eigenvalue weighted by Crippen LogP contribution is 2.50. The lowest BCUT2D eigenvalue weighted by molar-refractivity contribution is 0.660. The average molecular weight is 615 g/mol. The lowest BCUT2D eigenvalue weighted by Gasteiger charge is -2.22. The van der Waals surface area contributed by atoms with Gasteiger partial charge in [-0.3, -0.25) is 0 Å². The van der Waals surface area contributed by atoms with Crippen LogP contribution in [0, 0.1) is 0 Å². The first-order chi connectivity index (χ1) is 23.6. The van der Waals surface area contributed by atoms with Crippen LogP contribution in [0.2, 0.25) is 0 Å². The van der Waals surface area contributed by atoms with Crippen molar-refractivity contribution in [1.29, 1.82) is 0 Å². The molecule has 3 heteroatoms. The lowest BCUT2D eigenvalue weighted by atomic mass is 9.82. The Morgan fingerprint density at radius 1 is 0.438 bits per heavy atom.